The molecule has 1 radical (unpaired) electrons. The summed E-state index contributed by atoms with van der Waals surface area (Å²) in [7, 11) is 0. The number of hydrogen-bond donors (Lipinski definition) is 0. The SMILES string of the molecule is CCCCC(C)C#CO[C]=O. The zero-order valence-corrected chi connectivity index (χ0v) is 7.02. The van der Waals surface area contributed by atoms with Crippen LogP contribution < -0.4 is 0 Å². The first-order valence-corrected chi connectivity index (χ1v) is 3.84. The van der Waals surface area contributed by atoms with Crippen molar-refractivity contribution in [2.45, 2.75) is 33.1 Å². The quantitative estimate of drug-likeness (QED) is 0.576. The van der Waals surface area contributed by atoms with Gasteiger partial charge >= 0.3 is 6.47 Å². The van der Waals surface area contributed by atoms with E-state index in [1.165, 1.54) is 19.3 Å². The molecule has 0 fully saturated rings. The molecule has 0 saturated carbocycles. The van der Waals surface area contributed by atoms with Gasteiger partial charge in [0.1, 0.15) is 6.11 Å². The molecule has 11 heavy (non-hydrogen) atoms. The molecule has 61 valence electrons. The Morgan fingerprint density at radius 3 is 2.82 bits per heavy atom. The number of hydrogen-bond acceptors (Lipinski definition) is 2. The number of unbranched alkanes of at least 4 members (excludes halogenated alkanes) is 1. The summed E-state index contributed by atoms with van der Waals surface area (Å²) < 4.78 is 4.12. The van der Waals surface area contributed by atoms with Gasteiger partial charge in [0.15, 0.2) is 0 Å². The Hall–Kier alpha value is -0.970. The van der Waals surface area contributed by atoms with Crippen molar-refractivity contribution in [2.75, 3.05) is 0 Å². The van der Waals surface area contributed by atoms with E-state index >= 15 is 0 Å². The van der Waals surface area contributed by atoms with E-state index in [1.807, 2.05) is 6.92 Å². The fourth-order valence-electron chi connectivity index (χ4n) is 0.733. The van der Waals surface area contributed by atoms with Crippen LogP contribution >= 0.6 is 0 Å². The molecule has 1 atom stereocenters. The van der Waals surface area contributed by atoms with Crippen molar-refractivity contribution in [1.29, 1.82) is 0 Å². The average molecular weight is 153 g/mol. The van der Waals surface area contributed by atoms with Gasteiger partial charge in [-0.15, -0.1) is 0 Å². The van der Waals surface area contributed by atoms with E-state index in [1.54, 1.807) is 0 Å². The molecule has 0 bridgehead atoms. The molecule has 0 amide bonds. The third-order valence-electron chi connectivity index (χ3n) is 1.39. The number of ether oxygens (including phenoxy) is 1. The number of carbonyl (C=O) groups excluding carboxylic acids is 1. The van der Waals surface area contributed by atoms with E-state index in [0.717, 1.165) is 6.42 Å². The lowest BCUT2D eigenvalue weighted by molar-refractivity contribution is 0.418. The van der Waals surface area contributed by atoms with Gasteiger partial charge in [0.25, 0.3) is 0 Å². The van der Waals surface area contributed by atoms with Gasteiger partial charge in [-0.3, -0.25) is 0 Å². The molecule has 0 saturated heterocycles. The smallest absolute Gasteiger partial charge is 0.364 e. The predicted octanol–water partition coefficient (Wildman–Crippen LogP) is 1.86. The molecule has 0 aliphatic heterocycles. The summed E-state index contributed by atoms with van der Waals surface area (Å²) in [4.78, 5) is 9.55. The fraction of sp³-hybridized carbons (Fsp3) is 0.667. The van der Waals surface area contributed by atoms with Gasteiger partial charge in [-0.2, -0.15) is 0 Å². The van der Waals surface area contributed by atoms with E-state index in [4.69, 9.17) is 0 Å². The van der Waals surface area contributed by atoms with Crippen molar-refractivity contribution >= 4 is 6.47 Å². The number of rotatable bonds is 4. The van der Waals surface area contributed by atoms with E-state index in [0.29, 0.717) is 5.92 Å². The lowest BCUT2D eigenvalue weighted by Gasteiger charge is -1.98. The van der Waals surface area contributed by atoms with Crippen molar-refractivity contribution in [3.05, 3.63) is 0 Å². The lowest BCUT2D eigenvalue weighted by Crippen LogP contribution is -1.89. The van der Waals surface area contributed by atoms with Gasteiger partial charge in [0.05, 0.1) is 0 Å². The van der Waals surface area contributed by atoms with Gasteiger partial charge in [-0.25, -0.2) is 4.79 Å². The zero-order chi connectivity index (χ0) is 8.53. The van der Waals surface area contributed by atoms with Gasteiger partial charge < -0.3 is 4.74 Å². The maximum atomic E-state index is 9.55. The van der Waals surface area contributed by atoms with Gasteiger partial charge in [0, 0.05) is 5.92 Å². The van der Waals surface area contributed by atoms with E-state index < -0.39 is 0 Å². The summed E-state index contributed by atoms with van der Waals surface area (Å²) in [6.45, 7) is 5.40. The van der Waals surface area contributed by atoms with Crippen molar-refractivity contribution in [3.8, 4) is 12.0 Å². The Bertz CT molecular complexity index is 153. The molecule has 0 N–H and O–H groups in total. The molecule has 0 aromatic heterocycles. The van der Waals surface area contributed by atoms with E-state index in [9.17, 15) is 4.79 Å². The first kappa shape index (κ1) is 10.0. The van der Waals surface area contributed by atoms with Crippen LogP contribution in [0.1, 0.15) is 33.1 Å². The summed E-state index contributed by atoms with van der Waals surface area (Å²) in [5.41, 5.74) is 0. The monoisotopic (exact) mass is 153 g/mol. The van der Waals surface area contributed by atoms with Crippen LogP contribution in [-0.4, -0.2) is 6.47 Å². The molecule has 0 aliphatic rings. The van der Waals surface area contributed by atoms with Crippen LogP contribution in [-0.2, 0) is 9.53 Å². The second kappa shape index (κ2) is 7.14. The highest BCUT2D eigenvalue weighted by Crippen LogP contribution is 2.05. The van der Waals surface area contributed by atoms with Crippen molar-refractivity contribution < 1.29 is 9.53 Å². The van der Waals surface area contributed by atoms with Crippen LogP contribution in [0.3, 0.4) is 0 Å². The van der Waals surface area contributed by atoms with Crippen LogP contribution in [0.5, 0.6) is 0 Å². The molecule has 0 aromatic rings. The summed E-state index contributed by atoms with van der Waals surface area (Å²) in [6, 6.07) is 0. The Labute approximate surface area is 67.9 Å². The first-order chi connectivity index (χ1) is 5.31. The van der Waals surface area contributed by atoms with Gasteiger partial charge in [-0.05, 0) is 6.42 Å². The molecular weight excluding hydrogens is 140 g/mol. The lowest BCUT2D eigenvalue weighted by atomic mass is 10.1. The summed E-state index contributed by atoms with van der Waals surface area (Å²) in [6.07, 6.45) is 5.67. The largest absolute Gasteiger partial charge is 0.432 e. The maximum Gasteiger partial charge on any atom is 0.432 e. The van der Waals surface area contributed by atoms with E-state index in [-0.39, 0.29) is 0 Å². The Morgan fingerprint density at radius 2 is 2.27 bits per heavy atom. The van der Waals surface area contributed by atoms with Crippen LogP contribution in [0.25, 0.3) is 0 Å². The standard InChI is InChI=1S/C9H13O2/c1-3-4-5-9(2)6-7-11-8-10/h9H,3-5H2,1-2H3. The minimum absolute atomic E-state index is 0.309. The molecule has 0 spiro atoms. The highest BCUT2D eigenvalue weighted by molar-refractivity contribution is 5.40. The Balaban J connectivity index is 3.43. The zero-order valence-electron chi connectivity index (χ0n) is 7.02. The molecule has 0 aliphatic carbocycles. The summed E-state index contributed by atoms with van der Waals surface area (Å²) >= 11 is 0. The molecular formula is C9H13O2. The molecule has 0 aromatic carbocycles. The molecule has 0 heterocycles. The summed E-state index contributed by atoms with van der Waals surface area (Å²) in [5, 5.41) is 0. The minimum atomic E-state index is 0.309. The topological polar surface area (TPSA) is 26.3 Å². The normalized spacial score (nSPS) is 11.1. The molecule has 2 nitrogen and oxygen atoms in total. The van der Waals surface area contributed by atoms with Crippen molar-refractivity contribution in [1.82, 2.24) is 0 Å². The third-order valence-corrected chi connectivity index (χ3v) is 1.39. The molecule has 0 rings (SSSR count). The molecule has 1 unspecified atom stereocenters. The molecule has 2 heteroatoms. The van der Waals surface area contributed by atoms with Crippen LogP contribution in [0.4, 0.5) is 0 Å². The van der Waals surface area contributed by atoms with E-state index in [2.05, 4.69) is 23.7 Å². The van der Waals surface area contributed by atoms with Crippen molar-refractivity contribution in [3.63, 3.8) is 0 Å². The van der Waals surface area contributed by atoms with Gasteiger partial charge in [0.2, 0.25) is 0 Å². The first-order valence-electron chi connectivity index (χ1n) is 3.84. The predicted molar refractivity (Wildman–Crippen MR) is 43.2 cm³/mol. The fourth-order valence-corrected chi connectivity index (χ4v) is 0.733. The second-order valence-corrected chi connectivity index (χ2v) is 2.48. The second-order valence-electron chi connectivity index (χ2n) is 2.48. The highest BCUT2D eigenvalue weighted by Gasteiger charge is 1.94. The Morgan fingerprint density at radius 1 is 1.55 bits per heavy atom. The Kier molecular flexibility index (Phi) is 6.51. The van der Waals surface area contributed by atoms with Gasteiger partial charge in [-0.1, -0.05) is 32.6 Å². The van der Waals surface area contributed by atoms with Crippen LogP contribution in [0.15, 0.2) is 0 Å². The minimum Gasteiger partial charge on any atom is -0.364 e. The summed E-state index contributed by atoms with van der Waals surface area (Å²) in [5.74, 6) is 3.09. The third kappa shape index (κ3) is 6.92. The van der Waals surface area contributed by atoms with Crippen molar-refractivity contribution in [2.24, 2.45) is 5.92 Å². The van der Waals surface area contributed by atoms with Crippen LogP contribution in [0, 0.1) is 17.9 Å². The highest BCUT2D eigenvalue weighted by atomic mass is 16.5. The average Bonchev–Trinajstić information content (AvgIpc) is 2.01. The van der Waals surface area contributed by atoms with Crippen LogP contribution in [0.2, 0.25) is 0 Å². The maximum absolute atomic E-state index is 9.55.